The molecule has 0 saturated carbocycles. The lowest BCUT2D eigenvalue weighted by Gasteiger charge is -2.26. The summed E-state index contributed by atoms with van der Waals surface area (Å²) in [4.78, 5) is 30.0. The smallest absolute Gasteiger partial charge is 0.295 e. The number of aliphatic hydroxyl groups excluding tert-OH is 1. The van der Waals surface area contributed by atoms with Crippen LogP contribution in [0.4, 0.5) is 0 Å². The van der Waals surface area contributed by atoms with Gasteiger partial charge in [-0.3, -0.25) is 9.59 Å². The van der Waals surface area contributed by atoms with Crippen LogP contribution >= 0.6 is 0 Å². The SMILES string of the molecule is CCCOc1cccc([C@H]2/C(=C(\O)c3ccc4c(c3)OCCO4)C(=O)C(=O)N2CCCN(C)C)c1. The van der Waals surface area contributed by atoms with Crippen LogP contribution in [0.2, 0.25) is 0 Å². The van der Waals surface area contributed by atoms with Crippen LogP contribution in [0.5, 0.6) is 17.2 Å². The number of amides is 1. The molecule has 1 N–H and O–H groups in total. The van der Waals surface area contributed by atoms with Gasteiger partial charge in [-0.1, -0.05) is 19.1 Å². The minimum atomic E-state index is -0.726. The fourth-order valence-corrected chi connectivity index (χ4v) is 4.35. The molecule has 0 spiro atoms. The zero-order chi connectivity index (χ0) is 24.9. The third kappa shape index (κ3) is 5.27. The molecule has 4 rings (SSSR count). The molecule has 2 aromatic carbocycles. The van der Waals surface area contributed by atoms with Crippen LogP contribution in [0.3, 0.4) is 0 Å². The molecule has 2 heterocycles. The molecule has 186 valence electrons. The van der Waals surface area contributed by atoms with Gasteiger partial charge in [-0.25, -0.2) is 0 Å². The molecule has 0 radical (unpaired) electrons. The van der Waals surface area contributed by atoms with Crippen LogP contribution < -0.4 is 14.2 Å². The maximum atomic E-state index is 13.3. The van der Waals surface area contributed by atoms with Crippen molar-refractivity contribution in [3.63, 3.8) is 0 Å². The molecular weight excluding hydrogens is 448 g/mol. The maximum absolute atomic E-state index is 13.3. The van der Waals surface area contributed by atoms with E-state index < -0.39 is 17.7 Å². The summed E-state index contributed by atoms with van der Waals surface area (Å²) in [5, 5.41) is 11.3. The fraction of sp³-hybridized carbons (Fsp3) is 0.407. The number of fused-ring (bicyclic) bond motifs is 1. The van der Waals surface area contributed by atoms with Gasteiger partial charge in [-0.15, -0.1) is 0 Å². The predicted molar refractivity (Wildman–Crippen MR) is 132 cm³/mol. The number of hydrogen-bond acceptors (Lipinski definition) is 7. The van der Waals surface area contributed by atoms with E-state index in [0.717, 1.165) is 13.0 Å². The number of ether oxygens (including phenoxy) is 3. The number of Topliss-reactive ketones (excluding diaryl/α,β-unsaturated/α-hetero) is 1. The van der Waals surface area contributed by atoms with Gasteiger partial charge in [0.25, 0.3) is 11.7 Å². The number of benzene rings is 2. The molecule has 35 heavy (non-hydrogen) atoms. The number of rotatable bonds is 9. The van der Waals surface area contributed by atoms with E-state index in [1.54, 1.807) is 23.1 Å². The van der Waals surface area contributed by atoms with Gasteiger partial charge in [0.15, 0.2) is 11.5 Å². The first kappa shape index (κ1) is 24.6. The highest BCUT2D eigenvalue weighted by molar-refractivity contribution is 6.46. The van der Waals surface area contributed by atoms with Crippen molar-refractivity contribution >= 4 is 17.4 Å². The van der Waals surface area contributed by atoms with E-state index >= 15 is 0 Å². The second kappa shape index (κ2) is 10.8. The standard InChI is InChI=1S/C27H32N2O6/c1-4-13-33-20-8-5-7-18(16-20)24-23(26(31)27(32)29(24)12-6-11-28(2)3)25(30)19-9-10-21-22(17-19)35-15-14-34-21/h5,7-10,16-17,24,30H,4,6,11-15H2,1-3H3/b25-23+/t24-/m0/s1. The maximum Gasteiger partial charge on any atom is 0.295 e. The van der Waals surface area contributed by atoms with Gasteiger partial charge in [0.1, 0.15) is 24.7 Å². The van der Waals surface area contributed by atoms with Crippen molar-refractivity contribution in [2.24, 2.45) is 0 Å². The van der Waals surface area contributed by atoms with Crippen molar-refractivity contribution < 1.29 is 28.9 Å². The molecule has 1 saturated heterocycles. The predicted octanol–water partition coefficient (Wildman–Crippen LogP) is 3.62. The molecule has 0 bridgehead atoms. The molecule has 8 heteroatoms. The quantitative estimate of drug-likeness (QED) is 0.333. The first-order chi connectivity index (χ1) is 16.9. The zero-order valence-corrected chi connectivity index (χ0v) is 20.5. The van der Waals surface area contributed by atoms with Crippen molar-refractivity contribution in [1.82, 2.24) is 9.80 Å². The lowest BCUT2D eigenvalue weighted by molar-refractivity contribution is -0.139. The van der Waals surface area contributed by atoms with Gasteiger partial charge in [0, 0.05) is 12.1 Å². The van der Waals surface area contributed by atoms with Crippen LogP contribution in [-0.4, -0.2) is 73.6 Å². The summed E-state index contributed by atoms with van der Waals surface area (Å²) in [5.74, 6) is 0.170. The van der Waals surface area contributed by atoms with E-state index in [1.165, 1.54) is 0 Å². The molecule has 1 atom stereocenters. The second-order valence-electron chi connectivity index (χ2n) is 8.93. The van der Waals surface area contributed by atoms with E-state index in [9.17, 15) is 14.7 Å². The van der Waals surface area contributed by atoms with Crippen LogP contribution in [0.25, 0.3) is 5.76 Å². The van der Waals surface area contributed by atoms with E-state index in [4.69, 9.17) is 14.2 Å². The Labute approximate surface area is 205 Å². The van der Waals surface area contributed by atoms with Crippen molar-refractivity contribution in [3.05, 3.63) is 59.2 Å². The molecule has 2 aliphatic rings. The molecule has 1 fully saturated rings. The zero-order valence-electron chi connectivity index (χ0n) is 20.5. The number of carbonyl (C=O) groups excluding carboxylic acids is 2. The van der Waals surface area contributed by atoms with Crippen LogP contribution in [-0.2, 0) is 9.59 Å². The summed E-state index contributed by atoms with van der Waals surface area (Å²) in [5.41, 5.74) is 1.16. The Morgan fingerprint density at radius 1 is 1.11 bits per heavy atom. The number of carbonyl (C=O) groups is 2. The summed E-state index contributed by atoms with van der Waals surface area (Å²) in [6.45, 7) is 4.58. The van der Waals surface area contributed by atoms with Crippen LogP contribution in [0, 0.1) is 0 Å². The first-order valence-electron chi connectivity index (χ1n) is 12.0. The van der Waals surface area contributed by atoms with Crippen molar-refractivity contribution in [3.8, 4) is 17.2 Å². The van der Waals surface area contributed by atoms with Gasteiger partial charge < -0.3 is 29.1 Å². The van der Waals surface area contributed by atoms with E-state index in [1.807, 2.05) is 50.2 Å². The summed E-state index contributed by atoms with van der Waals surface area (Å²) < 4.78 is 17.0. The van der Waals surface area contributed by atoms with Gasteiger partial charge in [0.2, 0.25) is 0 Å². The first-order valence-corrected chi connectivity index (χ1v) is 12.0. The summed E-state index contributed by atoms with van der Waals surface area (Å²) in [6, 6.07) is 11.7. The molecule has 0 aromatic heterocycles. The minimum Gasteiger partial charge on any atom is -0.507 e. The van der Waals surface area contributed by atoms with Crippen molar-refractivity contribution in [2.45, 2.75) is 25.8 Å². The summed E-state index contributed by atoms with van der Waals surface area (Å²) >= 11 is 0. The van der Waals surface area contributed by atoms with E-state index in [-0.39, 0.29) is 11.3 Å². The van der Waals surface area contributed by atoms with Gasteiger partial charge in [-0.2, -0.15) is 0 Å². The molecular formula is C27H32N2O6. The monoisotopic (exact) mass is 480 g/mol. The molecule has 2 aromatic rings. The highest BCUT2D eigenvalue weighted by Gasteiger charge is 2.46. The lowest BCUT2D eigenvalue weighted by Crippen LogP contribution is -2.32. The third-order valence-electron chi connectivity index (χ3n) is 6.01. The second-order valence-corrected chi connectivity index (χ2v) is 8.93. The average Bonchev–Trinajstić information content (AvgIpc) is 3.11. The molecule has 0 aliphatic carbocycles. The lowest BCUT2D eigenvalue weighted by atomic mass is 9.95. The Kier molecular flexibility index (Phi) is 7.60. The Morgan fingerprint density at radius 3 is 2.63 bits per heavy atom. The number of aliphatic hydroxyl groups is 1. The molecule has 0 unspecified atom stereocenters. The summed E-state index contributed by atoms with van der Waals surface area (Å²) in [7, 11) is 3.92. The highest BCUT2D eigenvalue weighted by Crippen LogP contribution is 2.41. The normalized spacial score (nSPS) is 18.9. The van der Waals surface area contributed by atoms with Crippen LogP contribution in [0.15, 0.2) is 48.0 Å². The van der Waals surface area contributed by atoms with E-state index in [0.29, 0.717) is 61.2 Å². The van der Waals surface area contributed by atoms with Crippen molar-refractivity contribution in [1.29, 1.82) is 0 Å². The minimum absolute atomic E-state index is 0.0594. The molecule has 1 amide bonds. The highest BCUT2D eigenvalue weighted by atomic mass is 16.6. The number of nitrogens with zero attached hydrogens (tertiary/aromatic N) is 2. The Balaban J connectivity index is 1.77. The van der Waals surface area contributed by atoms with Crippen LogP contribution in [0.1, 0.15) is 36.9 Å². The van der Waals surface area contributed by atoms with Crippen molar-refractivity contribution in [2.75, 3.05) is 47.0 Å². The number of ketones is 1. The molecule has 2 aliphatic heterocycles. The Morgan fingerprint density at radius 2 is 1.89 bits per heavy atom. The number of hydrogen-bond donors (Lipinski definition) is 1. The van der Waals surface area contributed by atoms with E-state index in [2.05, 4.69) is 0 Å². The average molecular weight is 481 g/mol. The number of likely N-dealkylation sites (tertiary alicyclic amines) is 1. The van der Waals surface area contributed by atoms with Gasteiger partial charge >= 0.3 is 0 Å². The fourth-order valence-electron chi connectivity index (χ4n) is 4.35. The Hall–Kier alpha value is -3.52. The summed E-state index contributed by atoms with van der Waals surface area (Å²) in [6.07, 6.45) is 1.55. The largest absolute Gasteiger partial charge is 0.507 e. The Bertz CT molecular complexity index is 1130. The van der Waals surface area contributed by atoms with Gasteiger partial charge in [-0.05, 0) is 69.4 Å². The molecule has 8 nitrogen and oxygen atoms in total. The third-order valence-corrected chi connectivity index (χ3v) is 6.01. The topological polar surface area (TPSA) is 88.5 Å². The van der Waals surface area contributed by atoms with Gasteiger partial charge in [0.05, 0.1) is 18.2 Å².